The summed E-state index contributed by atoms with van der Waals surface area (Å²) < 4.78 is 69.6. The molecule has 12 heteroatoms. The monoisotopic (exact) mass is 552 g/mol. The first-order chi connectivity index (χ1) is 16.7. The van der Waals surface area contributed by atoms with Crippen LogP contribution in [0.5, 0.6) is 0 Å². The van der Waals surface area contributed by atoms with Gasteiger partial charge in [0.1, 0.15) is 20.6 Å². The number of carbonyl (C=O) groups excluding carboxylic acids is 1. The van der Waals surface area contributed by atoms with Crippen molar-refractivity contribution in [3.05, 3.63) is 52.4 Å². The summed E-state index contributed by atoms with van der Waals surface area (Å²) >= 11 is 2.30. The molecule has 5 rings (SSSR count). The SMILES string of the molecule is CC1(C)CC(=O)c2c(S(C)(=O)=O)sc(-c3nc(-c4cc(-c5cccc(C(F)(F)F)c5)no4)cs3)c2C1. The smallest absolute Gasteiger partial charge is 0.354 e. The molecule has 4 aromatic rings. The third-order valence-electron chi connectivity index (χ3n) is 5.83. The van der Waals surface area contributed by atoms with E-state index in [9.17, 15) is 26.4 Å². The van der Waals surface area contributed by atoms with Crippen LogP contribution in [-0.4, -0.2) is 30.6 Å². The van der Waals surface area contributed by atoms with Crippen molar-refractivity contribution in [1.29, 1.82) is 0 Å². The van der Waals surface area contributed by atoms with E-state index in [0.29, 0.717) is 27.6 Å². The van der Waals surface area contributed by atoms with Crippen LogP contribution < -0.4 is 0 Å². The summed E-state index contributed by atoms with van der Waals surface area (Å²) in [7, 11) is -3.62. The van der Waals surface area contributed by atoms with Crippen molar-refractivity contribution in [3.8, 4) is 32.6 Å². The van der Waals surface area contributed by atoms with Gasteiger partial charge in [-0.15, -0.1) is 22.7 Å². The molecule has 1 aliphatic rings. The third-order valence-corrected chi connectivity index (χ3v) is 9.89. The molecule has 0 unspecified atom stereocenters. The Morgan fingerprint density at radius 3 is 2.56 bits per heavy atom. The number of aromatic nitrogens is 2. The fourth-order valence-electron chi connectivity index (χ4n) is 4.27. The molecule has 0 bridgehead atoms. The molecule has 0 fully saturated rings. The van der Waals surface area contributed by atoms with Crippen molar-refractivity contribution < 1.29 is 30.9 Å². The van der Waals surface area contributed by atoms with Crippen molar-refractivity contribution in [3.63, 3.8) is 0 Å². The van der Waals surface area contributed by atoms with Crippen LogP contribution in [0.2, 0.25) is 0 Å². The number of thiazole rings is 1. The van der Waals surface area contributed by atoms with Crippen LogP contribution in [0.25, 0.3) is 32.6 Å². The lowest BCUT2D eigenvalue weighted by atomic mass is 9.74. The van der Waals surface area contributed by atoms with E-state index in [2.05, 4.69) is 10.1 Å². The van der Waals surface area contributed by atoms with Crippen molar-refractivity contribution in [2.75, 3.05) is 6.26 Å². The number of nitrogens with zero attached hydrogens (tertiary/aromatic N) is 2. The number of rotatable bonds is 4. The van der Waals surface area contributed by atoms with E-state index in [1.165, 1.54) is 29.5 Å². The Bertz CT molecular complexity index is 1610. The van der Waals surface area contributed by atoms with E-state index in [1.807, 2.05) is 13.8 Å². The Balaban J connectivity index is 1.54. The molecule has 0 saturated heterocycles. The minimum absolute atomic E-state index is 0.0521. The fourth-order valence-corrected chi connectivity index (χ4v) is 7.73. The highest BCUT2D eigenvalue weighted by atomic mass is 32.2. The summed E-state index contributed by atoms with van der Waals surface area (Å²) in [6, 6.07) is 6.29. The van der Waals surface area contributed by atoms with Crippen LogP contribution in [-0.2, 0) is 22.4 Å². The Kier molecular flexibility index (Phi) is 5.77. The number of ketones is 1. The number of hydrogen-bond acceptors (Lipinski definition) is 8. The standard InChI is InChI=1S/C24H19F3N2O4S3/c1-23(2)9-14-19(17(30)10-23)22(36(3,31)32)35-20(14)21-28-16(11-34-21)18-8-15(29-33-18)12-5-4-6-13(7-12)24(25,26)27/h4-8,11H,9-10H2,1-3H3. The highest BCUT2D eigenvalue weighted by molar-refractivity contribution is 7.93. The number of hydrogen-bond donors (Lipinski definition) is 0. The quantitative estimate of drug-likeness (QED) is 0.278. The van der Waals surface area contributed by atoms with Crippen molar-refractivity contribution in [1.82, 2.24) is 10.1 Å². The van der Waals surface area contributed by atoms with E-state index in [1.54, 1.807) is 5.38 Å². The maximum Gasteiger partial charge on any atom is 0.416 e. The van der Waals surface area contributed by atoms with Gasteiger partial charge in [0.15, 0.2) is 21.4 Å². The van der Waals surface area contributed by atoms with Gasteiger partial charge in [-0.1, -0.05) is 31.1 Å². The predicted molar refractivity (Wildman–Crippen MR) is 131 cm³/mol. The minimum atomic E-state index is -4.48. The summed E-state index contributed by atoms with van der Waals surface area (Å²) in [5.74, 6) is 0.0667. The first-order valence-electron chi connectivity index (χ1n) is 10.7. The second kappa shape index (κ2) is 8.35. The summed E-state index contributed by atoms with van der Waals surface area (Å²) in [5, 5.41) is 6.14. The molecule has 0 N–H and O–H groups in total. The van der Waals surface area contributed by atoms with Crippen molar-refractivity contribution in [2.24, 2.45) is 5.41 Å². The molecule has 1 aromatic carbocycles. The predicted octanol–water partition coefficient (Wildman–Crippen LogP) is 6.77. The van der Waals surface area contributed by atoms with Gasteiger partial charge in [-0.2, -0.15) is 13.2 Å². The van der Waals surface area contributed by atoms with Gasteiger partial charge in [-0.25, -0.2) is 13.4 Å². The van der Waals surface area contributed by atoms with E-state index in [4.69, 9.17) is 4.52 Å². The summed E-state index contributed by atoms with van der Waals surface area (Å²) in [4.78, 5) is 18.1. The van der Waals surface area contributed by atoms with Crippen LogP contribution in [0.4, 0.5) is 13.2 Å². The van der Waals surface area contributed by atoms with Crippen LogP contribution in [0.3, 0.4) is 0 Å². The Morgan fingerprint density at radius 1 is 1.11 bits per heavy atom. The average Bonchev–Trinajstić information content (AvgIpc) is 3.49. The number of fused-ring (bicyclic) bond motifs is 1. The molecule has 0 spiro atoms. The number of benzene rings is 1. The second-order valence-corrected chi connectivity index (χ2v) is 13.6. The van der Waals surface area contributed by atoms with Crippen LogP contribution >= 0.6 is 22.7 Å². The van der Waals surface area contributed by atoms with E-state index in [-0.39, 0.29) is 44.4 Å². The molecule has 6 nitrogen and oxygen atoms in total. The molecule has 36 heavy (non-hydrogen) atoms. The van der Waals surface area contributed by atoms with Gasteiger partial charge in [0.2, 0.25) is 0 Å². The molecule has 3 aromatic heterocycles. The van der Waals surface area contributed by atoms with Gasteiger partial charge in [0, 0.05) is 29.7 Å². The number of sulfone groups is 1. The number of carbonyl (C=O) groups is 1. The van der Waals surface area contributed by atoms with Gasteiger partial charge in [-0.05, 0) is 29.5 Å². The van der Waals surface area contributed by atoms with Gasteiger partial charge in [0.05, 0.1) is 16.0 Å². The molecule has 0 saturated carbocycles. The lowest BCUT2D eigenvalue weighted by Gasteiger charge is -2.29. The molecule has 0 aliphatic heterocycles. The Labute approximate surface area is 212 Å². The van der Waals surface area contributed by atoms with Crippen molar-refractivity contribution in [2.45, 2.75) is 37.1 Å². The summed E-state index contributed by atoms with van der Waals surface area (Å²) in [6.45, 7) is 3.93. The van der Waals surface area contributed by atoms with Crippen LogP contribution in [0.1, 0.15) is 41.8 Å². The maximum absolute atomic E-state index is 13.1. The van der Waals surface area contributed by atoms with Crippen LogP contribution in [0, 0.1) is 5.41 Å². The highest BCUT2D eigenvalue weighted by Gasteiger charge is 2.39. The largest absolute Gasteiger partial charge is 0.416 e. The second-order valence-electron chi connectivity index (χ2n) is 9.48. The summed E-state index contributed by atoms with van der Waals surface area (Å²) in [5.41, 5.74) is 0.726. The van der Waals surface area contributed by atoms with Crippen molar-refractivity contribution >= 4 is 38.3 Å². The lowest BCUT2D eigenvalue weighted by molar-refractivity contribution is -0.137. The van der Waals surface area contributed by atoms with Gasteiger partial charge in [0.25, 0.3) is 0 Å². The Morgan fingerprint density at radius 2 is 1.86 bits per heavy atom. The van der Waals surface area contributed by atoms with Gasteiger partial charge >= 0.3 is 6.18 Å². The molecule has 0 atom stereocenters. The lowest BCUT2D eigenvalue weighted by Crippen LogP contribution is -2.27. The average molecular weight is 553 g/mol. The normalized spacial score (nSPS) is 15.8. The summed E-state index contributed by atoms with van der Waals surface area (Å²) in [6.07, 6.45) is -2.59. The topological polar surface area (TPSA) is 90.1 Å². The molecule has 0 radical (unpaired) electrons. The first kappa shape index (κ1) is 24.8. The molecule has 188 valence electrons. The molecular weight excluding hydrogens is 533 g/mol. The zero-order valence-corrected chi connectivity index (χ0v) is 21.7. The zero-order valence-electron chi connectivity index (χ0n) is 19.3. The van der Waals surface area contributed by atoms with Gasteiger partial charge in [-0.3, -0.25) is 4.79 Å². The minimum Gasteiger partial charge on any atom is -0.354 e. The highest BCUT2D eigenvalue weighted by Crippen LogP contribution is 2.48. The number of alkyl halides is 3. The third kappa shape index (κ3) is 4.53. The first-order valence-corrected chi connectivity index (χ1v) is 14.3. The maximum atomic E-state index is 13.1. The van der Waals surface area contributed by atoms with Crippen LogP contribution in [0.15, 0.2) is 44.4 Å². The van der Waals surface area contributed by atoms with E-state index in [0.717, 1.165) is 29.7 Å². The zero-order chi connectivity index (χ0) is 26.0. The number of halogens is 3. The fraction of sp³-hybridized carbons (Fsp3) is 0.292. The number of thiophene rings is 1. The number of Topliss-reactive ketones (excluding diaryl/α,β-unsaturated/α-hetero) is 1. The molecule has 0 amide bonds. The molecule has 3 heterocycles. The van der Waals surface area contributed by atoms with Gasteiger partial charge < -0.3 is 4.52 Å². The Hall–Kier alpha value is -2.83. The molecular formula is C24H19F3N2O4S3. The van der Waals surface area contributed by atoms with E-state index >= 15 is 0 Å². The van der Waals surface area contributed by atoms with E-state index < -0.39 is 21.6 Å². The molecule has 1 aliphatic carbocycles.